The van der Waals surface area contributed by atoms with E-state index in [-0.39, 0.29) is 18.0 Å². The second-order valence-corrected chi connectivity index (χ2v) is 7.21. The maximum Gasteiger partial charge on any atom is 0.416 e. The number of hydrogen-bond donors (Lipinski definition) is 1. The first-order valence-corrected chi connectivity index (χ1v) is 9.25. The molecule has 1 amide bonds. The zero-order chi connectivity index (χ0) is 19.0. The lowest BCUT2D eigenvalue weighted by molar-refractivity contribution is -0.137. The van der Waals surface area contributed by atoms with Crippen LogP contribution in [0.4, 0.5) is 13.2 Å². The van der Waals surface area contributed by atoms with E-state index in [1.807, 2.05) is 11.0 Å². The number of nitrogens with zero attached hydrogens (tertiary/aromatic N) is 1. The van der Waals surface area contributed by atoms with Crippen molar-refractivity contribution in [3.63, 3.8) is 0 Å². The molecule has 3 nitrogen and oxygen atoms in total. The summed E-state index contributed by atoms with van der Waals surface area (Å²) in [6.07, 6.45) is -1.43. The van der Waals surface area contributed by atoms with Gasteiger partial charge in [0.15, 0.2) is 0 Å². The smallest absolute Gasteiger partial charge is 0.331 e. The van der Waals surface area contributed by atoms with Crippen LogP contribution in [0.1, 0.15) is 35.2 Å². The zero-order valence-corrected chi connectivity index (χ0v) is 14.8. The molecule has 142 valence electrons. The number of carbonyl (C=O) groups excluding carboxylic acids is 1. The van der Waals surface area contributed by atoms with Gasteiger partial charge in [0.25, 0.3) is 5.91 Å². The van der Waals surface area contributed by atoms with Crippen LogP contribution < -0.4 is 5.32 Å². The summed E-state index contributed by atoms with van der Waals surface area (Å²) >= 11 is 0. The van der Waals surface area contributed by atoms with Gasteiger partial charge in [-0.05, 0) is 55.1 Å². The van der Waals surface area contributed by atoms with Crippen molar-refractivity contribution in [3.8, 4) is 11.1 Å². The van der Waals surface area contributed by atoms with Gasteiger partial charge in [0.2, 0.25) is 0 Å². The van der Waals surface area contributed by atoms with E-state index < -0.39 is 11.7 Å². The van der Waals surface area contributed by atoms with Crippen LogP contribution in [0.25, 0.3) is 11.1 Å². The van der Waals surface area contributed by atoms with Gasteiger partial charge in [-0.1, -0.05) is 30.3 Å². The predicted octanol–water partition coefficient (Wildman–Crippen LogP) is 4.34. The standard InChI is InChI=1S/C21H21F3N2O/c22-21(23,24)15-7-5-14(6-8-15)18-3-1-2-4-19(18)20(27)26-16-9-10-17(26)13-25-12-11-16/h1-8,16-17,25H,9-13H2. The summed E-state index contributed by atoms with van der Waals surface area (Å²) in [5.41, 5.74) is 1.16. The van der Waals surface area contributed by atoms with E-state index >= 15 is 0 Å². The number of fused-ring (bicyclic) bond motifs is 2. The van der Waals surface area contributed by atoms with Gasteiger partial charge in [-0.2, -0.15) is 13.2 Å². The molecule has 2 fully saturated rings. The van der Waals surface area contributed by atoms with Crippen LogP contribution in [-0.4, -0.2) is 36.0 Å². The highest BCUT2D eigenvalue weighted by atomic mass is 19.4. The van der Waals surface area contributed by atoms with Crippen molar-refractivity contribution in [1.82, 2.24) is 10.2 Å². The zero-order valence-electron chi connectivity index (χ0n) is 14.8. The molecule has 2 atom stereocenters. The Hall–Kier alpha value is -2.34. The minimum atomic E-state index is -4.37. The van der Waals surface area contributed by atoms with Crippen LogP contribution in [0.15, 0.2) is 48.5 Å². The fraction of sp³-hybridized carbons (Fsp3) is 0.381. The molecule has 2 aromatic rings. The number of nitrogens with one attached hydrogen (secondary N) is 1. The molecule has 2 heterocycles. The number of rotatable bonds is 2. The molecule has 6 heteroatoms. The number of amides is 1. The number of carbonyl (C=O) groups is 1. The van der Waals surface area contributed by atoms with Crippen LogP contribution >= 0.6 is 0 Å². The van der Waals surface area contributed by atoms with Crippen molar-refractivity contribution in [2.24, 2.45) is 0 Å². The van der Waals surface area contributed by atoms with Gasteiger partial charge < -0.3 is 10.2 Å². The van der Waals surface area contributed by atoms with E-state index in [9.17, 15) is 18.0 Å². The third-order valence-electron chi connectivity index (χ3n) is 5.57. The van der Waals surface area contributed by atoms with Gasteiger partial charge in [-0.25, -0.2) is 0 Å². The van der Waals surface area contributed by atoms with Crippen molar-refractivity contribution in [2.75, 3.05) is 13.1 Å². The lowest BCUT2D eigenvalue weighted by atomic mass is 9.97. The fourth-order valence-corrected chi connectivity index (χ4v) is 4.21. The minimum absolute atomic E-state index is 0.0262. The molecule has 27 heavy (non-hydrogen) atoms. The Bertz CT molecular complexity index is 818. The van der Waals surface area contributed by atoms with E-state index in [2.05, 4.69) is 5.32 Å². The van der Waals surface area contributed by atoms with Gasteiger partial charge >= 0.3 is 6.18 Å². The summed E-state index contributed by atoms with van der Waals surface area (Å²) in [5, 5.41) is 3.38. The SMILES string of the molecule is O=C(c1ccccc1-c1ccc(C(F)(F)F)cc1)N1C2CCNCC1CC2. The molecule has 0 spiro atoms. The summed E-state index contributed by atoms with van der Waals surface area (Å²) in [5.74, 6) is -0.0262. The Morgan fingerprint density at radius 3 is 2.41 bits per heavy atom. The molecule has 2 aromatic carbocycles. The summed E-state index contributed by atoms with van der Waals surface area (Å²) < 4.78 is 38.5. The molecular weight excluding hydrogens is 353 g/mol. The van der Waals surface area contributed by atoms with E-state index in [1.165, 1.54) is 12.1 Å². The van der Waals surface area contributed by atoms with E-state index in [0.29, 0.717) is 16.7 Å². The maximum atomic E-state index is 13.4. The summed E-state index contributed by atoms with van der Waals surface area (Å²) in [6.45, 7) is 1.70. The first-order chi connectivity index (χ1) is 12.9. The second kappa shape index (κ2) is 7.00. The number of alkyl halides is 3. The van der Waals surface area contributed by atoms with E-state index in [0.717, 1.165) is 44.5 Å². The summed E-state index contributed by atoms with van der Waals surface area (Å²) in [4.78, 5) is 15.3. The topological polar surface area (TPSA) is 32.3 Å². The van der Waals surface area contributed by atoms with Gasteiger partial charge in [0, 0.05) is 24.2 Å². The molecule has 0 aliphatic carbocycles. The number of halogens is 3. The van der Waals surface area contributed by atoms with E-state index in [1.54, 1.807) is 18.2 Å². The first kappa shape index (κ1) is 18.0. The van der Waals surface area contributed by atoms with E-state index in [4.69, 9.17) is 0 Å². The van der Waals surface area contributed by atoms with Gasteiger partial charge in [0.1, 0.15) is 0 Å². The Balaban J connectivity index is 1.68. The van der Waals surface area contributed by atoms with Crippen molar-refractivity contribution >= 4 is 5.91 Å². The highest BCUT2D eigenvalue weighted by molar-refractivity contribution is 6.01. The molecule has 0 saturated carbocycles. The normalized spacial score (nSPS) is 22.6. The van der Waals surface area contributed by atoms with Crippen LogP contribution in [0.5, 0.6) is 0 Å². The number of benzene rings is 2. The molecular formula is C21H21F3N2O. The molecule has 2 unspecified atom stereocenters. The predicted molar refractivity (Wildman–Crippen MR) is 97.3 cm³/mol. The monoisotopic (exact) mass is 374 g/mol. The molecule has 4 rings (SSSR count). The Kier molecular flexibility index (Phi) is 4.68. The minimum Gasteiger partial charge on any atom is -0.331 e. The molecule has 2 bridgehead atoms. The average Bonchev–Trinajstić information content (AvgIpc) is 2.93. The summed E-state index contributed by atoms with van der Waals surface area (Å²) in [7, 11) is 0. The lowest BCUT2D eigenvalue weighted by Crippen LogP contribution is -2.42. The van der Waals surface area contributed by atoms with Crippen molar-refractivity contribution in [3.05, 3.63) is 59.7 Å². The highest BCUT2D eigenvalue weighted by Crippen LogP contribution is 2.34. The third-order valence-corrected chi connectivity index (χ3v) is 5.57. The third kappa shape index (κ3) is 3.46. The Morgan fingerprint density at radius 1 is 0.963 bits per heavy atom. The maximum absolute atomic E-state index is 13.4. The van der Waals surface area contributed by atoms with Crippen molar-refractivity contribution < 1.29 is 18.0 Å². The second-order valence-electron chi connectivity index (χ2n) is 7.21. The molecule has 2 aliphatic heterocycles. The van der Waals surface area contributed by atoms with Crippen LogP contribution in [0.2, 0.25) is 0 Å². The molecule has 0 radical (unpaired) electrons. The van der Waals surface area contributed by atoms with Crippen LogP contribution in [0, 0.1) is 0 Å². The van der Waals surface area contributed by atoms with Crippen molar-refractivity contribution in [2.45, 2.75) is 37.5 Å². The molecule has 2 aliphatic rings. The largest absolute Gasteiger partial charge is 0.416 e. The lowest BCUT2D eigenvalue weighted by Gasteiger charge is -2.29. The Morgan fingerprint density at radius 2 is 1.67 bits per heavy atom. The van der Waals surface area contributed by atoms with Gasteiger partial charge in [-0.15, -0.1) is 0 Å². The molecule has 0 aromatic heterocycles. The quantitative estimate of drug-likeness (QED) is 0.848. The summed E-state index contributed by atoms with van der Waals surface area (Å²) in [6, 6.07) is 12.6. The van der Waals surface area contributed by atoms with Crippen LogP contribution in [0.3, 0.4) is 0 Å². The van der Waals surface area contributed by atoms with Crippen LogP contribution in [-0.2, 0) is 6.18 Å². The van der Waals surface area contributed by atoms with Gasteiger partial charge in [0.05, 0.1) is 5.56 Å². The Labute approximate surface area is 156 Å². The number of hydrogen-bond acceptors (Lipinski definition) is 2. The highest BCUT2D eigenvalue weighted by Gasteiger charge is 2.39. The first-order valence-electron chi connectivity index (χ1n) is 9.25. The molecule has 1 N–H and O–H groups in total. The molecule has 2 saturated heterocycles. The fourth-order valence-electron chi connectivity index (χ4n) is 4.21. The average molecular weight is 374 g/mol. The van der Waals surface area contributed by atoms with Gasteiger partial charge in [-0.3, -0.25) is 4.79 Å². The van der Waals surface area contributed by atoms with Crippen molar-refractivity contribution in [1.29, 1.82) is 0 Å².